The first-order chi connectivity index (χ1) is 23.6. The van der Waals surface area contributed by atoms with Crippen LogP contribution in [0, 0.1) is 17.1 Å². The summed E-state index contributed by atoms with van der Waals surface area (Å²) in [6.45, 7) is 6.92. The molecule has 2 amide bonds. The highest BCUT2D eigenvalue weighted by Gasteiger charge is 2.40. The normalized spacial score (nSPS) is 20.4. The fourth-order valence-electron chi connectivity index (χ4n) is 7.46. The maximum atomic E-state index is 15.7. The van der Waals surface area contributed by atoms with Crippen LogP contribution in [0.1, 0.15) is 51.3 Å². The molecule has 5 heterocycles. The highest BCUT2D eigenvalue weighted by atomic mass is 19.1. The van der Waals surface area contributed by atoms with Gasteiger partial charge in [-0.1, -0.05) is 18.2 Å². The molecule has 0 saturated carbocycles. The van der Waals surface area contributed by atoms with E-state index in [4.69, 9.17) is 15.5 Å². The lowest BCUT2D eigenvalue weighted by molar-refractivity contribution is -0.131. The van der Waals surface area contributed by atoms with Crippen molar-refractivity contribution in [2.45, 2.75) is 57.0 Å². The summed E-state index contributed by atoms with van der Waals surface area (Å²) >= 11 is 0. The molecule has 2 atom stereocenters. The number of aromatic nitrogens is 3. The molecule has 11 nitrogen and oxygen atoms in total. The summed E-state index contributed by atoms with van der Waals surface area (Å²) in [5.74, 6) is 0.981. The lowest BCUT2D eigenvalue weighted by Crippen LogP contribution is -2.57. The number of hydrogen-bond acceptors (Lipinski definition) is 8. The van der Waals surface area contributed by atoms with E-state index in [9.17, 15) is 14.9 Å². The SMILES string of the molecule is CC(C)(C=C(C#N)C(=O)N1CCC[C@@H](c2nc(-c3ccc(Oc4ccccc4)cc3F)c3c(N)nccn23)C1)N1CCN2C(=O)CC[C@H]2C1. The third-order valence-corrected chi connectivity index (χ3v) is 10.0. The van der Waals surface area contributed by atoms with Crippen LogP contribution in [0.3, 0.4) is 0 Å². The molecule has 0 aliphatic carbocycles. The molecule has 49 heavy (non-hydrogen) atoms. The van der Waals surface area contributed by atoms with E-state index < -0.39 is 11.4 Å². The smallest absolute Gasteiger partial charge is 0.264 e. The summed E-state index contributed by atoms with van der Waals surface area (Å²) in [6, 6.07) is 16.1. The first-order valence-corrected chi connectivity index (χ1v) is 16.7. The number of nitriles is 1. The maximum absolute atomic E-state index is 15.7. The number of anilines is 1. The number of fused-ring (bicyclic) bond motifs is 2. The minimum absolute atomic E-state index is 0.0950. The molecular weight excluding hydrogens is 623 g/mol. The van der Waals surface area contributed by atoms with Crippen LogP contribution >= 0.6 is 0 Å². The summed E-state index contributed by atoms with van der Waals surface area (Å²) in [5, 5.41) is 10.2. The van der Waals surface area contributed by atoms with Gasteiger partial charge in [0.05, 0.1) is 0 Å². The van der Waals surface area contributed by atoms with E-state index >= 15 is 4.39 Å². The topological polar surface area (TPSA) is 133 Å². The fraction of sp³-hybridized carbons (Fsp3) is 0.378. The van der Waals surface area contributed by atoms with E-state index in [1.165, 1.54) is 6.07 Å². The molecule has 3 saturated heterocycles. The number of nitrogens with two attached hydrogens (primary N) is 1. The van der Waals surface area contributed by atoms with Crippen LogP contribution in [0.5, 0.6) is 11.5 Å². The molecule has 12 heteroatoms. The number of halogens is 1. The molecular formula is C37H39FN8O3. The largest absolute Gasteiger partial charge is 0.457 e. The van der Waals surface area contributed by atoms with Crippen LogP contribution in [-0.2, 0) is 9.59 Å². The van der Waals surface area contributed by atoms with Crippen LogP contribution in [-0.4, -0.2) is 85.2 Å². The Balaban J connectivity index is 1.13. The van der Waals surface area contributed by atoms with Gasteiger partial charge in [0.15, 0.2) is 0 Å². The summed E-state index contributed by atoms with van der Waals surface area (Å²) < 4.78 is 23.4. The Labute approximate surface area is 284 Å². The second kappa shape index (κ2) is 13.0. The molecule has 0 unspecified atom stereocenters. The molecule has 3 aliphatic heterocycles. The molecule has 0 spiro atoms. The summed E-state index contributed by atoms with van der Waals surface area (Å²) in [5.41, 5.74) is 7.00. The van der Waals surface area contributed by atoms with Crippen molar-refractivity contribution < 1.29 is 18.7 Å². The Morgan fingerprint density at radius 3 is 2.69 bits per heavy atom. The van der Waals surface area contributed by atoms with Crippen LogP contribution in [0.25, 0.3) is 16.8 Å². The zero-order valence-corrected chi connectivity index (χ0v) is 27.7. The van der Waals surface area contributed by atoms with Gasteiger partial charge < -0.3 is 20.3 Å². The van der Waals surface area contributed by atoms with Gasteiger partial charge in [-0.2, -0.15) is 5.26 Å². The Kier molecular flexibility index (Phi) is 8.54. The molecule has 2 aromatic carbocycles. The Morgan fingerprint density at radius 2 is 1.92 bits per heavy atom. The van der Waals surface area contributed by atoms with Crippen molar-refractivity contribution in [2.75, 3.05) is 38.5 Å². The number of ether oxygens (including phenoxy) is 1. The second-order valence-electron chi connectivity index (χ2n) is 13.5. The minimum Gasteiger partial charge on any atom is -0.457 e. The van der Waals surface area contributed by atoms with Gasteiger partial charge in [-0.05, 0) is 63.5 Å². The molecule has 2 N–H and O–H groups in total. The average Bonchev–Trinajstić information content (AvgIpc) is 3.68. The molecule has 7 rings (SSSR count). The van der Waals surface area contributed by atoms with E-state index in [2.05, 4.69) is 16.0 Å². The standard InChI is InChI=1S/C37H39FN8O3/c1-37(2,44-17-18-45-26(23-44)10-13-31(45)47)20-25(21-39)36(48)43-15-6-7-24(22-43)35-42-32(33-34(40)41-14-16-46(33)35)29-12-11-28(19-30(29)38)49-27-8-4-3-5-9-27/h3-5,8-9,11-12,14,16,19-20,24,26H,6-7,10,13,15,17-18,22-23H2,1-2H3,(H2,40,41)/t24-,26+/m1/s1. The highest BCUT2D eigenvalue weighted by Crippen LogP contribution is 2.37. The fourth-order valence-corrected chi connectivity index (χ4v) is 7.46. The zero-order chi connectivity index (χ0) is 34.3. The average molecular weight is 663 g/mol. The Hall–Kier alpha value is -5.28. The lowest BCUT2D eigenvalue weighted by atomic mass is 9.94. The van der Waals surface area contributed by atoms with E-state index in [1.807, 2.05) is 41.3 Å². The predicted octanol–water partition coefficient (Wildman–Crippen LogP) is 5.15. The number of nitrogens with zero attached hydrogens (tertiary/aromatic N) is 7. The third-order valence-electron chi connectivity index (χ3n) is 10.0. The quantitative estimate of drug-likeness (QED) is 0.212. The van der Waals surface area contributed by atoms with Crippen LogP contribution in [0.2, 0.25) is 0 Å². The third kappa shape index (κ3) is 6.22. The van der Waals surface area contributed by atoms with Crippen molar-refractivity contribution in [3.63, 3.8) is 0 Å². The number of imidazole rings is 1. The number of benzene rings is 2. The van der Waals surface area contributed by atoms with Crippen molar-refractivity contribution >= 4 is 23.1 Å². The first kappa shape index (κ1) is 32.3. The van der Waals surface area contributed by atoms with E-state index in [0.29, 0.717) is 74.1 Å². The predicted molar refractivity (Wildman–Crippen MR) is 182 cm³/mol. The maximum Gasteiger partial charge on any atom is 0.264 e. The van der Waals surface area contributed by atoms with Crippen LogP contribution in [0.15, 0.2) is 72.6 Å². The van der Waals surface area contributed by atoms with Gasteiger partial charge in [0, 0.05) is 80.7 Å². The van der Waals surface area contributed by atoms with Crippen molar-refractivity contribution in [2.24, 2.45) is 0 Å². The number of piperidine rings is 1. The molecule has 0 radical (unpaired) electrons. The summed E-state index contributed by atoms with van der Waals surface area (Å²) in [6.07, 6.45) is 7.98. The van der Waals surface area contributed by atoms with Gasteiger partial charge in [0.2, 0.25) is 5.91 Å². The number of carbonyl (C=O) groups excluding carboxylic acids is 2. The lowest BCUT2D eigenvalue weighted by Gasteiger charge is -2.45. The Morgan fingerprint density at radius 1 is 1.10 bits per heavy atom. The van der Waals surface area contributed by atoms with E-state index in [1.54, 1.807) is 47.6 Å². The van der Waals surface area contributed by atoms with Crippen molar-refractivity contribution in [1.82, 2.24) is 29.1 Å². The monoisotopic (exact) mass is 662 g/mol. The molecule has 3 aliphatic rings. The number of hydrogen-bond donors (Lipinski definition) is 1. The van der Waals surface area contributed by atoms with Crippen molar-refractivity contribution in [3.8, 4) is 28.8 Å². The number of nitrogen functional groups attached to an aromatic ring is 1. The number of piperazine rings is 1. The van der Waals surface area contributed by atoms with Gasteiger partial charge in [-0.25, -0.2) is 14.4 Å². The van der Waals surface area contributed by atoms with Gasteiger partial charge in [0.1, 0.15) is 51.8 Å². The molecule has 2 aromatic heterocycles. The number of rotatable bonds is 7. The van der Waals surface area contributed by atoms with Crippen molar-refractivity contribution in [1.29, 1.82) is 5.26 Å². The van der Waals surface area contributed by atoms with Crippen LogP contribution < -0.4 is 10.5 Å². The molecule has 4 aromatic rings. The minimum atomic E-state index is -0.557. The number of para-hydroxylation sites is 1. The highest BCUT2D eigenvalue weighted by molar-refractivity contribution is 5.97. The van der Waals surface area contributed by atoms with E-state index in [-0.39, 0.29) is 40.7 Å². The van der Waals surface area contributed by atoms with Gasteiger partial charge in [-0.3, -0.25) is 18.9 Å². The molecule has 252 valence electrons. The number of likely N-dealkylation sites (tertiary alicyclic amines) is 1. The number of carbonyl (C=O) groups is 2. The number of amides is 2. The first-order valence-electron chi connectivity index (χ1n) is 16.7. The zero-order valence-electron chi connectivity index (χ0n) is 27.7. The molecule has 0 bridgehead atoms. The second-order valence-corrected chi connectivity index (χ2v) is 13.5. The molecule has 3 fully saturated rings. The summed E-state index contributed by atoms with van der Waals surface area (Å²) in [7, 11) is 0. The van der Waals surface area contributed by atoms with Gasteiger partial charge in [-0.15, -0.1) is 0 Å². The Bertz CT molecular complexity index is 1980. The van der Waals surface area contributed by atoms with E-state index in [0.717, 1.165) is 12.8 Å². The van der Waals surface area contributed by atoms with Gasteiger partial charge >= 0.3 is 0 Å². The van der Waals surface area contributed by atoms with Crippen LogP contribution in [0.4, 0.5) is 10.2 Å². The van der Waals surface area contributed by atoms with Gasteiger partial charge in [0.25, 0.3) is 5.91 Å². The summed E-state index contributed by atoms with van der Waals surface area (Å²) in [4.78, 5) is 41.2. The van der Waals surface area contributed by atoms with Crippen molar-refractivity contribution in [3.05, 3.63) is 84.2 Å².